The molecule has 1 aromatic carbocycles. The van der Waals surface area contributed by atoms with Gasteiger partial charge in [-0.2, -0.15) is 0 Å². The largest absolute Gasteiger partial charge is 0.326 e. The fraction of sp³-hybridized carbons (Fsp3) is 0.400. The van der Waals surface area contributed by atoms with Crippen LogP contribution in [0.2, 0.25) is 0 Å². The molecule has 3 heteroatoms. The summed E-state index contributed by atoms with van der Waals surface area (Å²) in [6.07, 6.45) is 0.998. The molecule has 1 fully saturated rings. The molecule has 0 spiro atoms. The Morgan fingerprint density at radius 2 is 2.28 bits per heavy atom. The van der Waals surface area contributed by atoms with Gasteiger partial charge in [-0.15, -0.1) is 0 Å². The second-order valence-corrected chi connectivity index (χ2v) is 4.84. The highest BCUT2D eigenvalue weighted by Crippen LogP contribution is 2.38. The molecule has 1 saturated carbocycles. The highest BCUT2D eigenvalue weighted by atomic mass is 16.2. The number of carbonyl (C=O) groups is 1. The zero-order valence-corrected chi connectivity index (χ0v) is 10.8. The minimum atomic E-state index is 0.120. The third-order valence-electron chi connectivity index (χ3n) is 3.28. The number of anilines is 1. The summed E-state index contributed by atoms with van der Waals surface area (Å²) in [6.45, 7) is 4.42. The standard InChI is InChI=1S/C15H18N2O/c1-10-5-6-12(4-3-7-16)9-14(10)17-15(18)13-8-11(13)2/h5-6,9,11,13H,7-8,16H2,1-2H3,(H,17,18). The van der Waals surface area contributed by atoms with Crippen molar-refractivity contribution in [3.63, 3.8) is 0 Å². The lowest BCUT2D eigenvalue weighted by molar-refractivity contribution is -0.117. The summed E-state index contributed by atoms with van der Waals surface area (Å²) in [6, 6.07) is 5.81. The van der Waals surface area contributed by atoms with Gasteiger partial charge in [0.05, 0.1) is 6.54 Å². The van der Waals surface area contributed by atoms with E-state index in [1.807, 2.05) is 25.1 Å². The first-order chi connectivity index (χ1) is 8.61. The van der Waals surface area contributed by atoms with E-state index >= 15 is 0 Å². The second-order valence-electron chi connectivity index (χ2n) is 4.84. The Labute approximate surface area is 108 Å². The number of hydrogen-bond donors (Lipinski definition) is 2. The van der Waals surface area contributed by atoms with Crippen LogP contribution in [-0.4, -0.2) is 12.5 Å². The van der Waals surface area contributed by atoms with Gasteiger partial charge in [0, 0.05) is 17.2 Å². The lowest BCUT2D eigenvalue weighted by atomic mass is 10.1. The van der Waals surface area contributed by atoms with Gasteiger partial charge in [-0.25, -0.2) is 0 Å². The number of nitrogens with two attached hydrogens (primary N) is 1. The summed E-state index contributed by atoms with van der Waals surface area (Å²) in [5.41, 5.74) is 8.13. The fourth-order valence-corrected chi connectivity index (χ4v) is 1.90. The van der Waals surface area contributed by atoms with Crippen LogP contribution < -0.4 is 11.1 Å². The number of aryl methyl sites for hydroxylation is 1. The maximum absolute atomic E-state index is 11.9. The van der Waals surface area contributed by atoms with Crippen molar-refractivity contribution in [1.82, 2.24) is 0 Å². The predicted molar refractivity (Wildman–Crippen MR) is 73.0 cm³/mol. The molecule has 3 N–H and O–H groups in total. The molecular formula is C15H18N2O. The minimum Gasteiger partial charge on any atom is -0.326 e. The number of rotatable bonds is 2. The monoisotopic (exact) mass is 242 g/mol. The molecule has 1 aliphatic rings. The maximum Gasteiger partial charge on any atom is 0.227 e. The number of nitrogens with one attached hydrogen (secondary N) is 1. The van der Waals surface area contributed by atoms with Crippen LogP contribution in [0.5, 0.6) is 0 Å². The molecule has 2 atom stereocenters. The zero-order valence-electron chi connectivity index (χ0n) is 10.8. The van der Waals surface area contributed by atoms with Crippen molar-refractivity contribution < 1.29 is 4.79 Å². The number of amides is 1. The molecule has 1 aromatic rings. The SMILES string of the molecule is Cc1ccc(C#CCN)cc1NC(=O)C1CC1C. The van der Waals surface area contributed by atoms with Gasteiger partial charge in [0.2, 0.25) is 5.91 Å². The number of carbonyl (C=O) groups excluding carboxylic acids is 1. The summed E-state index contributed by atoms with van der Waals surface area (Å²) >= 11 is 0. The smallest absolute Gasteiger partial charge is 0.227 e. The van der Waals surface area contributed by atoms with Gasteiger partial charge in [0.25, 0.3) is 0 Å². The molecule has 3 nitrogen and oxygen atoms in total. The van der Waals surface area contributed by atoms with E-state index in [1.165, 1.54) is 0 Å². The van der Waals surface area contributed by atoms with Crippen molar-refractivity contribution in [2.75, 3.05) is 11.9 Å². The van der Waals surface area contributed by atoms with Crippen molar-refractivity contribution in [2.24, 2.45) is 17.6 Å². The zero-order chi connectivity index (χ0) is 13.1. The Bertz CT molecular complexity index is 525. The van der Waals surface area contributed by atoms with E-state index in [1.54, 1.807) is 0 Å². The van der Waals surface area contributed by atoms with Crippen LogP contribution in [0.1, 0.15) is 24.5 Å². The fourth-order valence-electron chi connectivity index (χ4n) is 1.90. The molecule has 0 aromatic heterocycles. The Balaban J connectivity index is 2.13. The van der Waals surface area contributed by atoms with Crippen molar-refractivity contribution in [1.29, 1.82) is 0 Å². The maximum atomic E-state index is 11.9. The first kappa shape index (κ1) is 12.7. The highest BCUT2D eigenvalue weighted by Gasteiger charge is 2.39. The molecule has 0 heterocycles. The summed E-state index contributed by atoms with van der Waals surface area (Å²) in [7, 11) is 0. The van der Waals surface area contributed by atoms with Crippen LogP contribution in [-0.2, 0) is 4.79 Å². The first-order valence-corrected chi connectivity index (χ1v) is 6.22. The Morgan fingerprint density at radius 1 is 1.56 bits per heavy atom. The molecule has 2 unspecified atom stereocenters. The number of benzene rings is 1. The van der Waals surface area contributed by atoms with E-state index < -0.39 is 0 Å². The van der Waals surface area contributed by atoms with Crippen molar-refractivity contribution >= 4 is 11.6 Å². The van der Waals surface area contributed by atoms with Gasteiger partial charge in [-0.3, -0.25) is 4.79 Å². The van der Waals surface area contributed by atoms with Crippen molar-refractivity contribution in [2.45, 2.75) is 20.3 Å². The first-order valence-electron chi connectivity index (χ1n) is 6.22. The van der Waals surface area contributed by atoms with Crippen LogP contribution >= 0.6 is 0 Å². The quantitative estimate of drug-likeness (QED) is 0.778. The molecule has 0 bridgehead atoms. The average molecular weight is 242 g/mol. The third-order valence-corrected chi connectivity index (χ3v) is 3.28. The summed E-state index contributed by atoms with van der Waals surface area (Å²) in [4.78, 5) is 11.9. The van der Waals surface area contributed by atoms with Gasteiger partial charge < -0.3 is 11.1 Å². The molecule has 18 heavy (non-hydrogen) atoms. The lowest BCUT2D eigenvalue weighted by Gasteiger charge is -2.08. The van der Waals surface area contributed by atoms with Crippen molar-refractivity contribution in [3.8, 4) is 11.8 Å². The Hall–Kier alpha value is -1.79. The summed E-state index contributed by atoms with van der Waals surface area (Å²) in [5.74, 6) is 6.61. The normalized spacial score (nSPS) is 20.8. The third kappa shape index (κ3) is 2.91. The summed E-state index contributed by atoms with van der Waals surface area (Å²) < 4.78 is 0. The topological polar surface area (TPSA) is 55.1 Å². The van der Waals surface area contributed by atoms with E-state index in [0.717, 1.165) is 23.2 Å². The van der Waals surface area contributed by atoms with Crippen LogP contribution in [0.15, 0.2) is 18.2 Å². The molecule has 2 rings (SSSR count). The average Bonchev–Trinajstić information content (AvgIpc) is 3.07. The van der Waals surface area contributed by atoms with Gasteiger partial charge >= 0.3 is 0 Å². The van der Waals surface area contributed by atoms with Gasteiger partial charge in [0.1, 0.15) is 0 Å². The molecule has 0 radical (unpaired) electrons. The van der Waals surface area contributed by atoms with Crippen LogP contribution in [0, 0.1) is 30.6 Å². The molecule has 0 saturated heterocycles. The predicted octanol–water partition coefficient (Wildman–Crippen LogP) is 1.90. The van der Waals surface area contributed by atoms with Gasteiger partial charge in [-0.1, -0.05) is 24.8 Å². The van der Waals surface area contributed by atoms with E-state index in [2.05, 4.69) is 24.1 Å². The minimum absolute atomic E-state index is 0.120. The van der Waals surface area contributed by atoms with E-state index in [9.17, 15) is 4.79 Å². The van der Waals surface area contributed by atoms with Gasteiger partial charge in [0.15, 0.2) is 0 Å². The van der Waals surface area contributed by atoms with Crippen LogP contribution in [0.25, 0.3) is 0 Å². The number of hydrogen-bond acceptors (Lipinski definition) is 2. The molecule has 1 amide bonds. The lowest BCUT2D eigenvalue weighted by Crippen LogP contribution is -2.15. The summed E-state index contributed by atoms with van der Waals surface area (Å²) in [5, 5.41) is 2.98. The van der Waals surface area contributed by atoms with E-state index in [-0.39, 0.29) is 11.8 Å². The Kier molecular flexibility index (Phi) is 3.69. The molecule has 0 aliphatic heterocycles. The highest BCUT2D eigenvalue weighted by molar-refractivity contribution is 5.95. The van der Waals surface area contributed by atoms with Crippen LogP contribution in [0.3, 0.4) is 0 Å². The van der Waals surface area contributed by atoms with Gasteiger partial charge in [-0.05, 0) is 37.0 Å². The van der Waals surface area contributed by atoms with Crippen molar-refractivity contribution in [3.05, 3.63) is 29.3 Å². The van der Waals surface area contributed by atoms with E-state index in [0.29, 0.717) is 12.5 Å². The van der Waals surface area contributed by atoms with E-state index in [4.69, 9.17) is 5.73 Å². The second kappa shape index (κ2) is 5.24. The van der Waals surface area contributed by atoms with Crippen LogP contribution in [0.4, 0.5) is 5.69 Å². The molecular weight excluding hydrogens is 224 g/mol. The molecule has 94 valence electrons. The molecule has 1 aliphatic carbocycles. The Morgan fingerprint density at radius 3 is 2.89 bits per heavy atom.